The SMILES string of the molecule is CCCC[Si](C)(C)CC(C)(C)O[Si](C)(C)CCCN. The average molecular weight is 304 g/mol. The van der Waals surface area contributed by atoms with E-state index < -0.39 is 16.4 Å². The highest BCUT2D eigenvalue weighted by molar-refractivity contribution is 6.77. The molecule has 0 saturated heterocycles. The van der Waals surface area contributed by atoms with Crippen LogP contribution in [0.1, 0.15) is 40.0 Å². The van der Waals surface area contributed by atoms with Crippen LogP contribution < -0.4 is 5.73 Å². The highest BCUT2D eigenvalue weighted by Crippen LogP contribution is 2.32. The van der Waals surface area contributed by atoms with Crippen LogP contribution in [0.4, 0.5) is 0 Å². The van der Waals surface area contributed by atoms with Crippen molar-refractivity contribution in [2.24, 2.45) is 5.73 Å². The van der Waals surface area contributed by atoms with Gasteiger partial charge in [-0.05, 0) is 52.0 Å². The fourth-order valence-electron chi connectivity index (χ4n) is 3.26. The summed E-state index contributed by atoms with van der Waals surface area (Å²) in [6.45, 7) is 17.4. The lowest BCUT2D eigenvalue weighted by molar-refractivity contribution is 0.118. The molecule has 0 saturated carbocycles. The predicted octanol–water partition coefficient (Wildman–Crippen LogP) is 4.84. The minimum atomic E-state index is -1.55. The molecule has 0 bridgehead atoms. The summed E-state index contributed by atoms with van der Waals surface area (Å²) in [5, 5.41) is 0. The molecular formula is C15H37NOSi2. The highest BCUT2D eigenvalue weighted by atomic mass is 28.4. The molecule has 0 spiro atoms. The van der Waals surface area contributed by atoms with Gasteiger partial charge in [0, 0.05) is 5.60 Å². The summed E-state index contributed by atoms with van der Waals surface area (Å²) in [6, 6.07) is 3.89. The molecule has 19 heavy (non-hydrogen) atoms. The summed E-state index contributed by atoms with van der Waals surface area (Å²) >= 11 is 0. The first-order valence-corrected chi connectivity index (χ1v) is 14.5. The molecule has 0 aromatic carbocycles. The largest absolute Gasteiger partial charge is 0.413 e. The molecule has 0 unspecified atom stereocenters. The molecule has 0 aliphatic carbocycles. The van der Waals surface area contributed by atoms with Crippen molar-refractivity contribution >= 4 is 16.4 Å². The Morgan fingerprint density at radius 2 is 1.58 bits per heavy atom. The Hall–Kier alpha value is 0.354. The maximum Gasteiger partial charge on any atom is 0.187 e. The Bertz CT molecular complexity index is 229. The molecule has 0 aliphatic rings. The van der Waals surface area contributed by atoms with Gasteiger partial charge in [-0.15, -0.1) is 0 Å². The fourth-order valence-corrected chi connectivity index (χ4v) is 9.99. The summed E-state index contributed by atoms with van der Waals surface area (Å²) < 4.78 is 6.56. The first-order valence-electron chi connectivity index (χ1n) is 7.94. The van der Waals surface area contributed by atoms with E-state index in [1.165, 1.54) is 31.0 Å². The molecule has 0 fully saturated rings. The molecule has 0 aromatic rings. The van der Waals surface area contributed by atoms with Crippen LogP contribution in [-0.2, 0) is 4.43 Å². The van der Waals surface area contributed by atoms with E-state index in [9.17, 15) is 0 Å². The summed E-state index contributed by atoms with van der Waals surface area (Å²) in [5.74, 6) is 0. The van der Waals surface area contributed by atoms with Crippen LogP contribution in [0.5, 0.6) is 0 Å². The van der Waals surface area contributed by atoms with Crippen molar-refractivity contribution in [3.63, 3.8) is 0 Å². The second-order valence-corrected chi connectivity index (χ2v) is 17.4. The van der Waals surface area contributed by atoms with Crippen LogP contribution in [0.3, 0.4) is 0 Å². The summed E-state index contributed by atoms with van der Waals surface area (Å²) in [6.07, 6.45) is 3.80. The number of unbranched alkanes of at least 4 members (excludes halogenated alkanes) is 1. The van der Waals surface area contributed by atoms with E-state index in [0.717, 1.165) is 13.0 Å². The molecular weight excluding hydrogens is 266 g/mol. The van der Waals surface area contributed by atoms with E-state index in [0.29, 0.717) is 0 Å². The zero-order valence-electron chi connectivity index (χ0n) is 14.4. The Balaban J connectivity index is 4.44. The smallest absolute Gasteiger partial charge is 0.187 e. The van der Waals surface area contributed by atoms with E-state index >= 15 is 0 Å². The third kappa shape index (κ3) is 9.82. The van der Waals surface area contributed by atoms with Gasteiger partial charge in [0.05, 0.1) is 8.07 Å². The standard InChI is InChI=1S/C15H37NOSi2/c1-8-9-12-18(4,5)14-15(2,3)17-19(6,7)13-10-11-16/h8-14,16H2,1-7H3. The number of hydrogen-bond acceptors (Lipinski definition) is 2. The van der Waals surface area contributed by atoms with Gasteiger partial charge in [-0.25, -0.2) is 0 Å². The molecule has 0 rings (SSSR count). The maximum absolute atomic E-state index is 6.56. The molecule has 2 N–H and O–H groups in total. The van der Waals surface area contributed by atoms with E-state index in [-0.39, 0.29) is 5.60 Å². The summed E-state index contributed by atoms with van der Waals surface area (Å²) in [5.41, 5.74) is 5.68. The quantitative estimate of drug-likeness (QED) is 0.586. The normalized spacial score (nSPS) is 13.9. The van der Waals surface area contributed by atoms with Gasteiger partial charge in [-0.1, -0.05) is 38.9 Å². The van der Waals surface area contributed by atoms with Gasteiger partial charge in [0.25, 0.3) is 0 Å². The van der Waals surface area contributed by atoms with Crippen LogP contribution in [0.25, 0.3) is 0 Å². The van der Waals surface area contributed by atoms with Crippen molar-refractivity contribution in [1.29, 1.82) is 0 Å². The third-order valence-corrected chi connectivity index (χ3v) is 9.83. The lowest BCUT2D eigenvalue weighted by atomic mass is 10.2. The molecule has 0 radical (unpaired) electrons. The summed E-state index contributed by atoms with van der Waals surface area (Å²) in [7, 11) is -2.67. The molecule has 4 heteroatoms. The van der Waals surface area contributed by atoms with Gasteiger partial charge in [-0.2, -0.15) is 0 Å². The van der Waals surface area contributed by atoms with E-state index in [1.54, 1.807) is 0 Å². The lowest BCUT2D eigenvalue weighted by Crippen LogP contribution is -2.45. The summed E-state index contributed by atoms with van der Waals surface area (Å²) in [4.78, 5) is 0. The van der Waals surface area contributed by atoms with Crippen LogP contribution in [-0.4, -0.2) is 28.5 Å². The van der Waals surface area contributed by atoms with Crippen molar-refractivity contribution in [3.8, 4) is 0 Å². The Morgan fingerprint density at radius 1 is 1.00 bits per heavy atom. The second kappa shape index (κ2) is 7.96. The molecule has 116 valence electrons. The fraction of sp³-hybridized carbons (Fsp3) is 1.00. The Morgan fingerprint density at radius 3 is 2.05 bits per heavy atom. The van der Waals surface area contributed by atoms with E-state index in [1.807, 2.05) is 0 Å². The second-order valence-electron chi connectivity index (χ2n) is 7.96. The molecule has 0 atom stereocenters. The van der Waals surface area contributed by atoms with Crippen LogP contribution in [0.15, 0.2) is 0 Å². The van der Waals surface area contributed by atoms with Gasteiger partial charge in [0.1, 0.15) is 0 Å². The molecule has 0 aliphatic heterocycles. The van der Waals surface area contributed by atoms with Gasteiger partial charge in [-0.3, -0.25) is 0 Å². The Kier molecular flexibility index (Phi) is 8.11. The van der Waals surface area contributed by atoms with Gasteiger partial charge in [0.15, 0.2) is 8.32 Å². The van der Waals surface area contributed by atoms with Crippen molar-refractivity contribution < 1.29 is 4.43 Å². The molecule has 2 nitrogen and oxygen atoms in total. The number of hydrogen-bond donors (Lipinski definition) is 1. The van der Waals surface area contributed by atoms with Crippen LogP contribution in [0.2, 0.25) is 44.3 Å². The van der Waals surface area contributed by atoms with Crippen molar-refractivity contribution in [1.82, 2.24) is 0 Å². The number of nitrogens with two attached hydrogens (primary N) is 1. The first kappa shape index (κ1) is 19.4. The highest BCUT2D eigenvalue weighted by Gasteiger charge is 2.35. The third-order valence-electron chi connectivity index (χ3n) is 3.65. The van der Waals surface area contributed by atoms with Crippen molar-refractivity contribution in [3.05, 3.63) is 0 Å². The monoisotopic (exact) mass is 303 g/mol. The number of rotatable bonds is 10. The van der Waals surface area contributed by atoms with E-state index in [2.05, 4.69) is 47.0 Å². The average Bonchev–Trinajstić information content (AvgIpc) is 2.20. The van der Waals surface area contributed by atoms with E-state index in [4.69, 9.17) is 10.2 Å². The topological polar surface area (TPSA) is 35.2 Å². The zero-order valence-corrected chi connectivity index (χ0v) is 16.4. The molecule has 0 amide bonds. The maximum atomic E-state index is 6.56. The van der Waals surface area contributed by atoms with Crippen molar-refractivity contribution in [2.45, 2.75) is 90.0 Å². The van der Waals surface area contributed by atoms with Gasteiger partial charge >= 0.3 is 0 Å². The lowest BCUT2D eigenvalue weighted by Gasteiger charge is -2.39. The zero-order chi connectivity index (χ0) is 15.2. The van der Waals surface area contributed by atoms with Gasteiger partial charge < -0.3 is 10.2 Å². The predicted molar refractivity (Wildman–Crippen MR) is 93.1 cm³/mol. The minimum absolute atomic E-state index is 0.0494. The van der Waals surface area contributed by atoms with Gasteiger partial charge in [0.2, 0.25) is 0 Å². The first-order chi connectivity index (χ1) is 8.54. The van der Waals surface area contributed by atoms with Crippen LogP contribution in [0, 0.1) is 0 Å². The molecule has 0 heterocycles. The molecule has 0 aromatic heterocycles. The Labute approximate surface area is 123 Å². The van der Waals surface area contributed by atoms with Crippen LogP contribution >= 0.6 is 0 Å². The minimum Gasteiger partial charge on any atom is -0.413 e. The van der Waals surface area contributed by atoms with Crippen molar-refractivity contribution in [2.75, 3.05) is 6.54 Å².